The van der Waals surface area contributed by atoms with Crippen molar-refractivity contribution in [3.63, 3.8) is 0 Å². The third kappa shape index (κ3) is 4.84. The second-order valence-corrected chi connectivity index (χ2v) is 2.71. The molecule has 4 heteroatoms. The molecule has 0 rings (SSSR count). The maximum absolute atomic E-state index is 10.6. The van der Waals surface area contributed by atoms with Crippen molar-refractivity contribution in [2.75, 3.05) is 21.3 Å². The predicted octanol–water partition coefficient (Wildman–Crippen LogP) is 1.27. The molecule has 0 unspecified atom stereocenters. The Morgan fingerprint density at radius 2 is 1.82 bits per heavy atom. The highest BCUT2D eigenvalue weighted by Gasteiger charge is 2.13. The van der Waals surface area contributed by atoms with Gasteiger partial charge in [0.2, 0.25) is 11.5 Å². The maximum atomic E-state index is 10.6. The molecule has 0 radical (unpaired) electrons. The molecule has 0 aromatic heterocycles. The van der Waals surface area contributed by atoms with Gasteiger partial charge in [-0.05, 0) is 5.92 Å². The van der Waals surface area contributed by atoms with Crippen LogP contribution in [-0.2, 0) is 19.0 Å². The number of hydrogen-bond acceptors (Lipinski definition) is 4. The lowest BCUT2D eigenvalue weighted by molar-refractivity contribution is 0.194. The van der Waals surface area contributed by atoms with Gasteiger partial charge in [-0.1, -0.05) is 5.92 Å². The highest BCUT2D eigenvalue weighted by molar-refractivity contribution is 5.57. The summed E-state index contributed by atoms with van der Waals surface area (Å²) in [6.07, 6.45) is 6.18. The Labute approximate surface area is 101 Å². The van der Waals surface area contributed by atoms with Crippen molar-refractivity contribution in [3.8, 4) is 24.2 Å². The summed E-state index contributed by atoms with van der Waals surface area (Å²) in [5, 5.41) is 0. The Balaban J connectivity index is 5.17. The van der Waals surface area contributed by atoms with E-state index in [0.29, 0.717) is 12.8 Å². The zero-order valence-corrected chi connectivity index (χ0v) is 10.1. The lowest BCUT2D eigenvalue weighted by atomic mass is 10.3. The lowest BCUT2D eigenvalue weighted by Crippen LogP contribution is -2.02. The molecule has 0 aromatic carbocycles. The van der Waals surface area contributed by atoms with Crippen LogP contribution in [-0.4, -0.2) is 27.3 Å². The topological polar surface area (TPSA) is 44.8 Å². The average Bonchev–Trinajstić information content (AvgIpc) is 2.37. The molecule has 0 fully saturated rings. The summed E-state index contributed by atoms with van der Waals surface area (Å²) in [7, 11) is 4.13. The van der Waals surface area contributed by atoms with E-state index < -0.39 is 0 Å². The molecule has 0 aliphatic carbocycles. The number of methoxy groups -OCH3 is 3. The Hall–Kier alpha value is -2.29. The van der Waals surface area contributed by atoms with Crippen molar-refractivity contribution in [2.45, 2.75) is 12.8 Å². The molecular weight excluding hydrogens is 220 g/mol. The summed E-state index contributed by atoms with van der Waals surface area (Å²) in [6, 6.07) is 0. The van der Waals surface area contributed by atoms with Crippen LogP contribution >= 0.6 is 0 Å². The standard InChI is InChI=1S/C13H14O4/c1-5-6-7-8-9-11(15-2)13(17-4)12(10-14)16-3/h1H,6-7H2,2-4H3/b13-11-. The van der Waals surface area contributed by atoms with Gasteiger partial charge in [-0.3, -0.25) is 0 Å². The van der Waals surface area contributed by atoms with Crippen molar-refractivity contribution >= 4 is 5.94 Å². The largest absolute Gasteiger partial charge is 0.489 e. The SMILES string of the molecule is C#CCCC#C/C(OC)=C(/OC)C(=C=O)OC. The number of unbranched alkanes of at least 4 members (excludes halogenated alkanes) is 1. The summed E-state index contributed by atoms with van der Waals surface area (Å²) in [4.78, 5) is 10.6. The quantitative estimate of drug-likeness (QED) is 0.236. The summed E-state index contributed by atoms with van der Waals surface area (Å²) < 4.78 is 14.8. The first-order valence-corrected chi connectivity index (χ1v) is 4.79. The van der Waals surface area contributed by atoms with E-state index >= 15 is 0 Å². The van der Waals surface area contributed by atoms with Gasteiger partial charge in [0.1, 0.15) is 0 Å². The van der Waals surface area contributed by atoms with Gasteiger partial charge in [0.15, 0.2) is 5.94 Å². The molecule has 0 N–H and O–H groups in total. The second kappa shape index (κ2) is 8.97. The van der Waals surface area contributed by atoms with Crippen molar-refractivity contribution in [3.05, 3.63) is 17.3 Å². The molecule has 17 heavy (non-hydrogen) atoms. The monoisotopic (exact) mass is 234 g/mol. The predicted molar refractivity (Wildman–Crippen MR) is 63.1 cm³/mol. The van der Waals surface area contributed by atoms with Gasteiger partial charge in [-0.15, -0.1) is 12.3 Å². The van der Waals surface area contributed by atoms with E-state index in [1.807, 2.05) is 0 Å². The van der Waals surface area contributed by atoms with Gasteiger partial charge in [0.05, 0.1) is 21.3 Å². The highest BCUT2D eigenvalue weighted by atomic mass is 16.5. The maximum Gasteiger partial charge on any atom is 0.251 e. The fourth-order valence-corrected chi connectivity index (χ4v) is 0.947. The molecule has 0 heterocycles. The minimum Gasteiger partial charge on any atom is -0.489 e. The smallest absolute Gasteiger partial charge is 0.251 e. The number of allylic oxidation sites excluding steroid dienone is 1. The van der Waals surface area contributed by atoms with E-state index in [-0.39, 0.29) is 17.3 Å². The number of hydrogen-bond donors (Lipinski definition) is 0. The van der Waals surface area contributed by atoms with E-state index in [0.717, 1.165) is 0 Å². The molecule has 0 bridgehead atoms. The van der Waals surface area contributed by atoms with Crippen LogP contribution in [0.3, 0.4) is 0 Å². The van der Waals surface area contributed by atoms with Crippen LogP contribution in [0.2, 0.25) is 0 Å². The average molecular weight is 234 g/mol. The van der Waals surface area contributed by atoms with E-state index in [1.165, 1.54) is 21.3 Å². The third-order valence-electron chi connectivity index (χ3n) is 1.71. The first-order chi connectivity index (χ1) is 8.24. The molecule has 0 saturated heterocycles. The number of ether oxygens (including phenoxy) is 3. The normalized spacial score (nSPS) is 9.76. The Morgan fingerprint density at radius 3 is 2.24 bits per heavy atom. The molecule has 0 aliphatic heterocycles. The fourth-order valence-electron chi connectivity index (χ4n) is 0.947. The minimum atomic E-state index is -0.101. The van der Waals surface area contributed by atoms with Crippen LogP contribution in [0.25, 0.3) is 0 Å². The molecule has 0 aliphatic rings. The number of carbonyl (C=O) groups excluding carboxylic acids is 1. The summed E-state index contributed by atoms with van der Waals surface area (Å²) in [6.45, 7) is 0. The molecule has 0 amide bonds. The Bertz CT molecular complexity index is 423. The molecule has 0 spiro atoms. The van der Waals surface area contributed by atoms with E-state index in [9.17, 15) is 4.79 Å². The number of terminal acetylenes is 1. The van der Waals surface area contributed by atoms with E-state index in [1.54, 1.807) is 5.94 Å². The van der Waals surface area contributed by atoms with Crippen LogP contribution in [0.5, 0.6) is 0 Å². The Kier molecular flexibility index (Phi) is 7.76. The molecular formula is C13H14O4. The van der Waals surface area contributed by atoms with E-state index in [2.05, 4.69) is 17.8 Å². The zero-order chi connectivity index (χ0) is 13.1. The van der Waals surface area contributed by atoms with Gasteiger partial charge in [-0.25, -0.2) is 4.79 Å². The van der Waals surface area contributed by atoms with Crippen molar-refractivity contribution in [2.24, 2.45) is 0 Å². The van der Waals surface area contributed by atoms with Crippen LogP contribution in [0, 0.1) is 24.2 Å². The van der Waals surface area contributed by atoms with Crippen LogP contribution in [0.4, 0.5) is 0 Å². The molecule has 4 nitrogen and oxygen atoms in total. The molecule has 0 saturated carbocycles. The lowest BCUT2D eigenvalue weighted by Gasteiger charge is -2.08. The second-order valence-electron chi connectivity index (χ2n) is 2.71. The summed E-state index contributed by atoms with van der Waals surface area (Å²) in [5.74, 6) is 9.79. The highest BCUT2D eigenvalue weighted by Crippen LogP contribution is 2.14. The molecule has 0 atom stereocenters. The van der Waals surface area contributed by atoms with Crippen LogP contribution in [0.15, 0.2) is 17.3 Å². The third-order valence-corrected chi connectivity index (χ3v) is 1.71. The van der Waals surface area contributed by atoms with Gasteiger partial charge in [-0.2, -0.15) is 0 Å². The van der Waals surface area contributed by atoms with Gasteiger partial charge in [0.25, 0.3) is 5.76 Å². The van der Waals surface area contributed by atoms with Gasteiger partial charge < -0.3 is 14.2 Å². The van der Waals surface area contributed by atoms with Crippen LogP contribution in [0.1, 0.15) is 12.8 Å². The summed E-state index contributed by atoms with van der Waals surface area (Å²) >= 11 is 0. The van der Waals surface area contributed by atoms with Crippen LogP contribution < -0.4 is 0 Å². The summed E-state index contributed by atoms with van der Waals surface area (Å²) in [5.41, 5.74) is 0. The van der Waals surface area contributed by atoms with Gasteiger partial charge >= 0.3 is 0 Å². The Morgan fingerprint density at radius 1 is 1.12 bits per heavy atom. The van der Waals surface area contributed by atoms with Crippen molar-refractivity contribution in [1.82, 2.24) is 0 Å². The minimum absolute atomic E-state index is 0.101. The zero-order valence-electron chi connectivity index (χ0n) is 10.1. The molecule has 0 aromatic rings. The first kappa shape index (κ1) is 14.7. The first-order valence-electron chi connectivity index (χ1n) is 4.79. The molecule has 90 valence electrons. The van der Waals surface area contributed by atoms with Gasteiger partial charge in [0, 0.05) is 12.8 Å². The fraction of sp³-hybridized carbons (Fsp3) is 0.385. The van der Waals surface area contributed by atoms with E-state index in [4.69, 9.17) is 20.6 Å². The van der Waals surface area contributed by atoms with Crippen molar-refractivity contribution in [1.29, 1.82) is 0 Å². The van der Waals surface area contributed by atoms with Crippen molar-refractivity contribution < 1.29 is 19.0 Å². The number of rotatable bonds is 5.